The molecule has 8 nitrogen and oxygen atoms in total. The summed E-state index contributed by atoms with van der Waals surface area (Å²) in [5.74, 6) is -0.498. The minimum absolute atomic E-state index is 0.0666. The van der Waals surface area contributed by atoms with Crippen LogP contribution in [0.2, 0.25) is 5.02 Å². The molecule has 1 heterocycles. The lowest BCUT2D eigenvalue weighted by Crippen LogP contribution is -2.13. The molecule has 0 fully saturated rings. The third-order valence-electron chi connectivity index (χ3n) is 3.85. The summed E-state index contributed by atoms with van der Waals surface area (Å²) in [6, 6.07) is 15.2. The molecule has 144 valence electrons. The van der Waals surface area contributed by atoms with Crippen LogP contribution in [0.4, 0.5) is 11.4 Å². The summed E-state index contributed by atoms with van der Waals surface area (Å²) in [5, 5.41) is 32.7. The van der Waals surface area contributed by atoms with Gasteiger partial charge in [0, 0.05) is 22.7 Å². The fourth-order valence-corrected chi connectivity index (χ4v) is 2.55. The number of nitro benzene ring substituents is 1. The molecule has 2 N–H and O–H groups in total. The average Bonchev–Trinajstić information content (AvgIpc) is 3.16. The molecule has 0 saturated heterocycles. The third kappa shape index (κ3) is 4.61. The maximum Gasteiger partial charge on any atom is 0.273 e. The van der Waals surface area contributed by atoms with E-state index in [1.54, 1.807) is 42.5 Å². The van der Waals surface area contributed by atoms with Crippen molar-refractivity contribution >= 4 is 35.0 Å². The smallest absolute Gasteiger partial charge is 0.273 e. The molecule has 0 bridgehead atoms. The number of nitriles is 1. The Morgan fingerprint density at radius 2 is 1.93 bits per heavy atom. The Balaban J connectivity index is 1.80. The van der Waals surface area contributed by atoms with Crippen molar-refractivity contribution in [2.75, 3.05) is 5.32 Å². The van der Waals surface area contributed by atoms with Crippen LogP contribution in [0.15, 0.2) is 64.6 Å². The summed E-state index contributed by atoms with van der Waals surface area (Å²) >= 11 is 5.86. The summed E-state index contributed by atoms with van der Waals surface area (Å²) in [4.78, 5) is 22.4. The number of carbonyl (C=O) groups is 1. The van der Waals surface area contributed by atoms with Crippen molar-refractivity contribution in [2.45, 2.75) is 0 Å². The maximum absolute atomic E-state index is 12.3. The van der Waals surface area contributed by atoms with Crippen LogP contribution in [0.25, 0.3) is 17.4 Å². The maximum atomic E-state index is 12.3. The van der Waals surface area contributed by atoms with Gasteiger partial charge in [0.05, 0.1) is 16.7 Å². The Labute approximate surface area is 169 Å². The molecule has 0 aliphatic carbocycles. The second kappa shape index (κ2) is 8.29. The molecule has 0 saturated carbocycles. The highest BCUT2D eigenvalue weighted by Gasteiger charge is 2.15. The van der Waals surface area contributed by atoms with Crippen molar-refractivity contribution < 1.29 is 19.2 Å². The number of anilines is 1. The van der Waals surface area contributed by atoms with E-state index in [0.29, 0.717) is 10.8 Å². The molecule has 0 atom stereocenters. The minimum Gasteiger partial charge on any atom is -0.506 e. The van der Waals surface area contributed by atoms with Crippen LogP contribution in [0.3, 0.4) is 0 Å². The van der Waals surface area contributed by atoms with Gasteiger partial charge in [0.15, 0.2) is 0 Å². The van der Waals surface area contributed by atoms with Crippen LogP contribution in [-0.4, -0.2) is 15.9 Å². The zero-order valence-electron chi connectivity index (χ0n) is 14.6. The van der Waals surface area contributed by atoms with Gasteiger partial charge in [-0.2, -0.15) is 5.26 Å². The molecule has 1 amide bonds. The highest BCUT2D eigenvalue weighted by Crippen LogP contribution is 2.29. The molecule has 0 spiro atoms. The fraction of sp³-hybridized carbons (Fsp3) is 0. The lowest BCUT2D eigenvalue weighted by Gasteiger charge is -2.06. The number of benzene rings is 2. The Morgan fingerprint density at radius 3 is 2.55 bits per heavy atom. The van der Waals surface area contributed by atoms with E-state index in [1.165, 1.54) is 12.1 Å². The van der Waals surface area contributed by atoms with Crippen LogP contribution in [0, 0.1) is 21.4 Å². The van der Waals surface area contributed by atoms with E-state index in [0.717, 1.165) is 17.7 Å². The summed E-state index contributed by atoms with van der Waals surface area (Å²) < 4.78 is 5.63. The Bertz CT molecular complexity index is 1160. The van der Waals surface area contributed by atoms with Gasteiger partial charge in [-0.25, -0.2) is 0 Å². The molecule has 0 unspecified atom stereocenters. The number of hydrogen-bond donors (Lipinski definition) is 2. The zero-order valence-corrected chi connectivity index (χ0v) is 15.4. The summed E-state index contributed by atoms with van der Waals surface area (Å²) in [5.41, 5.74) is 0.0949. The Morgan fingerprint density at radius 1 is 1.21 bits per heavy atom. The molecule has 29 heavy (non-hydrogen) atoms. The predicted octanol–water partition coefficient (Wildman–Crippen LogP) is 4.76. The molecule has 9 heteroatoms. The highest BCUT2D eigenvalue weighted by atomic mass is 35.5. The monoisotopic (exact) mass is 409 g/mol. The molecule has 0 aliphatic rings. The number of rotatable bonds is 5. The number of halogens is 1. The average molecular weight is 410 g/mol. The normalized spacial score (nSPS) is 11.0. The molecule has 1 aromatic heterocycles. The van der Waals surface area contributed by atoms with Crippen molar-refractivity contribution in [1.29, 1.82) is 5.26 Å². The minimum atomic E-state index is -0.805. The van der Waals surface area contributed by atoms with Gasteiger partial charge in [-0.15, -0.1) is 0 Å². The molecular weight excluding hydrogens is 398 g/mol. The second-order valence-electron chi connectivity index (χ2n) is 5.79. The van der Waals surface area contributed by atoms with Gasteiger partial charge in [-0.3, -0.25) is 14.9 Å². The largest absolute Gasteiger partial charge is 0.506 e. The number of carbonyl (C=O) groups excluding carboxylic acids is 1. The van der Waals surface area contributed by atoms with Crippen LogP contribution in [0.1, 0.15) is 5.76 Å². The van der Waals surface area contributed by atoms with Crippen molar-refractivity contribution in [3.63, 3.8) is 0 Å². The van der Waals surface area contributed by atoms with E-state index in [2.05, 4.69) is 5.32 Å². The number of phenolic OH excluding ortho intramolecular Hbond substituents is 1. The summed E-state index contributed by atoms with van der Waals surface area (Å²) in [6.07, 6.45) is 1.25. The van der Waals surface area contributed by atoms with Crippen molar-refractivity contribution in [2.24, 2.45) is 0 Å². The number of phenols is 1. The SMILES string of the molecule is N#C/C(=C\c1ccc(-c2ccc(Cl)cc2)o1)C(=O)Nc1ccc([N+](=O)[O-])cc1O. The predicted molar refractivity (Wildman–Crippen MR) is 106 cm³/mol. The van der Waals surface area contributed by atoms with Crippen molar-refractivity contribution in [1.82, 2.24) is 0 Å². The molecule has 0 aliphatic heterocycles. The van der Waals surface area contributed by atoms with E-state index in [9.17, 15) is 25.3 Å². The first-order chi connectivity index (χ1) is 13.9. The van der Waals surface area contributed by atoms with Crippen LogP contribution in [0.5, 0.6) is 5.75 Å². The van der Waals surface area contributed by atoms with Crippen LogP contribution >= 0.6 is 11.6 Å². The van der Waals surface area contributed by atoms with Crippen molar-refractivity contribution in [3.8, 4) is 23.1 Å². The number of aromatic hydroxyl groups is 1. The number of hydrogen-bond acceptors (Lipinski definition) is 6. The van der Waals surface area contributed by atoms with E-state index < -0.39 is 16.6 Å². The number of furan rings is 1. The van der Waals surface area contributed by atoms with Gasteiger partial charge in [0.25, 0.3) is 11.6 Å². The topological polar surface area (TPSA) is 129 Å². The first-order valence-corrected chi connectivity index (χ1v) is 8.51. The molecule has 0 radical (unpaired) electrons. The van der Waals surface area contributed by atoms with E-state index in [-0.39, 0.29) is 22.7 Å². The second-order valence-corrected chi connectivity index (χ2v) is 6.23. The number of nitro groups is 1. The van der Waals surface area contributed by atoms with Gasteiger partial charge < -0.3 is 14.8 Å². The van der Waals surface area contributed by atoms with E-state index >= 15 is 0 Å². The molecule has 2 aromatic carbocycles. The molecule has 3 rings (SSSR count). The zero-order chi connectivity index (χ0) is 21.0. The molecular formula is C20H12ClN3O5. The number of amides is 1. The number of nitrogens with zero attached hydrogens (tertiary/aromatic N) is 2. The summed E-state index contributed by atoms with van der Waals surface area (Å²) in [7, 11) is 0. The standard InChI is InChI=1S/C20H12ClN3O5/c21-14-3-1-12(2-4-14)19-8-6-16(29-19)9-13(11-22)20(26)23-17-7-5-15(24(27)28)10-18(17)25/h1-10,25H,(H,23,26)/b13-9+. The third-order valence-corrected chi connectivity index (χ3v) is 4.10. The van der Waals surface area contributed by atoms with Gasteiger partial charge in [0.1, 0.15) is 28.9 Å². The number of nitrogens with one attached hydrogen (secondary N) is 1. The lowest BCUT2D eigenvalue weighted by molar-refractivity contribution is -0.384. The van der Waals surface area contributed by atoms with Gasteiger partial charge in [-0.05, 0) is 42.5 Å². The van der Waals surface area contributed by atoms with E-state index in [1.807, 2.05) is 0 Å². The van der Waals surface area contributed by atoms with E-state index in [4.69, 9.17) is 16.0 Å². The van der Waals surface area contributed by atoms with Gasteiger partial charge in [0.2, 0.25) is 0 Å². The number of non-ortho nitro benzene ring substituents is 1. The first kappa shape index (κ1) is 19.7. The van der Waals surface area contributed by atoms with Crippen LogP contribution in [-0.2, 0) is 4.79 Å². The molecule has 3 aromatic rings. The van der Waals surface area contributed by atoms with Gasteiger partial charge >= 0.3 is 0 Å². The fourth-order valence-electron chi connectivity index (χ4n) is 2.42. The quantitative estimate of drug-likeness (QED) is 0.205. The Kier molecular flexibility index (Phi) is 5.62. The summed E-state index contributed by atoms with van der Waals surface area (Å²) in [6.45, 7) is 0. The first-order valence-electron chi connectivity index (χ1n) is 8.13. The Hall–Kier alpha value is -4.09. The van der Waals surface area contributed by atoms with Crippen LogP contribution < -0.4 is 5.32 Å². The van der Waals surface area contributed by atoms with Gasteiger partial charge in [-0.1, -0.05) is 11.6 Å². The lowest BCUT2D eigenvalue weighted by atomic mass is 10.2. The highest BCUT2D eigenvalue weighted by molar-refractivity contribution is 6.30. The van der Waals surface area contributed by atoms with Crippen molar-refractivity contribution in [3.05, 3.63) is 81.1 Å².